The summed E-state index contributed by atoms with van der Waals surface area (Å²) in [4.78, 5) is 22.4. The number of hydrogen-bond donors (Lipinski definition) is 1. The minimum atomic E-state index is -0.396. The SMILES string of the molecule is C[C@@H]1c2ccccc2CCN1C(=O)c1cc(C2CC2)n2nc(-c3ccc(N4CC[C@@H](C(=N)[S+]=O)C4)cc3F)cc2n1. The summed E-state index contributed by atoms with van der Waals surface area (Å²) >= 11 is 0.232. The number of benzene rings is 2. The number of hydrogen-bond acceptors (Lipinski definition) is 6. The largest absolute Gasteiger partial charge is 0.521 e. The molecule has 1 saturated heterocycles. The summed E-state index contributed by atoms with van der Waals surface area (Å²) in [6.07, 6.45) is 3.58. The first-order chi connectivity index (χ1) is 19.9. The molecule has 4 heterocycles. The summed E-state index contributed by atoms with van der Waals surface area (Å²) in [6, 6.07) is 16.9. The molecule has 8 nitrogen and oxygen atoms in total. The number of halogens is 1. The average Bonchev–Trinajstić information content (AvgIpc) is 3.55. The van der Waals surface area contributed by atoms with Gasteiger partial charge in [-0.15, -0.1) is 0 Å². The minimum Gasteiger partial charge on any atom is -0.371 e. The van der Waals surface area contributed by atoms with Gasteiger partial charge in [-0.25, -0.2) is 19.3 Å². The Hall–Kier alpha value is -4.05. The number of carbonyl (C=O) groups excluding carboxylic acids is 1. The van der Waals surface area contributed by atoms with E-state index in [0.717, 1.165) is 30.6 Å². The maximum Gasteiger partial charge on any atom is 0.521 e. The highest BCUT2D eigenvalue weighted by Crippen LogP contribution is 2.41. The summed E-state index contributed by atoms with van der Waals surface area (Å²) < 4.78 is 28.3. The first-order valence-electron chi connectivity index (χ1n) is 14.1. The summed E-state index contributed by atoms with van der Waals surface area (Å²) in [5.41, 5.74) is 5.90. The lowest BCUT2D eigenvalue weighted by Crippen LogP contribution is -2.39. The number of nitrogens with one attached hydrogen (secondary N) is 1. The Balaban J connectivity index is 1.19. The third-order valence-electron chi connectivity index (χ3n) is 8.77. The van der Waals surface area contributed by atoms with E-state index in [1.165, 1.54) is 17.2 Å². The van der Waals surface area contributed by atoms with Gasteiger partial charge in [-0.05, 0) is 68.0 Å². The third kappa shape index (κ3) is 4.60. The molecule has 2 aliphatic heterocycles. The molecular weight excluding hydrogens is 539 g/mol. The minimum absolute atomic E-state index is 0.0431. The second-order valence-electron chi connectivity index (χ2n) is 11.3. The van der Waals surface area contributed by atoms with Gasteiger partial charge >= 0.3 is 16.7 Å². The number of nitrogens with zero attached hydrogens (tertiary/aromatic N) is 5. The van der Waals surface area contributed by atoms with Crippen LogP contribution in [0.3, 0.4) is 0 Å². The lowest BCUT2D eigenvalue weighted by Gasteiger charge is -2.35. The van der Waals surface area contributed by atoms with Gasteiger partial charge in [-0.1, -0.05) is 24.3 Å². The van der Waals surface area contributed by atoms with Crippen LogP contribution >= 0.6 is 0 Å². The van der Waals surface area contributed by atoms with Crippen molar-refractivity contribution in [3.8, 4) is 11.3 Å². The molecule has 2 aromatic heterocycles. The van der Waals surface area contributed by atoms with Crippen LogP contribution in [0.15, 0.2) is 54.6 Å². The molecule has 208 valence electrons. The fourth-order valence-electron chi connectivity index (χ4n) is 6.29. The van der Waals surface area contributed by atoms with Crippen molar-refractivity contribution in [2.75, 3.05) is 24.5 Å². The van der Waals surface area contributed by atoms with Crippen LogP contribution in [0.2, 0.25) is 0 Å². The quantitative estimate of drug-likeness (QED) is 0.197. The van der Waals surface area contributed by atoms with Crippen molar-refractivity contribution in [3.63, 3.8) is 0 Å². The molecule has 0 radical (unpaired) electrons. The zero-order chi connectivity index (χ0) is 28.2. The van der Waals surface area contributed by atoms with Crippen LogP contribution in [0.25, 0.3) is 16.9 Å². The molecule has 1 amide bonds. The highest BCUT2D eigenvalue weighted by molar-refractivity contribution is 7.83. The van der Waals surface area contributed by atoms with Gasteiger partial charge in [0, 0.05) is 52.8 Å². The Morgan fingerprint density at radius 3 is 2.68 bits per heavy atom. The topological polar surface area (TPSA) is 94.7 Å². The van der Waals surface area contributed by atoms with E-state index in [-0.39, 0.29) is 34.6 Å². The van der Waals surface area contributed by atoms with Crippen LogP contribution in [-0.4, -0.2) is 50.1 Å². The van der Waals surface area contributed by atoms with Crippen molar-refractivity contribution in [3.05, 3.63) is 82.9 Å². The number of aromatic nitrogens is 3. The maximum absolute atomic E-state index is 15.5. The standard InChI is InChI=1S/C31H30FN6O2S/c1-18-23-5-3-2-4-19(23)11-13-37(18)31(39)27-15-28(20-6-7-20)38-29(34-27)16-26(35-38)24-9-8-22(14-25(24)32)36-12-10-21(17-36)30(33)41-40/h2-5,8-9,14-16,18,20-21,33H,6-7,10-13,17H2,1H3/q+1/t18-,21-/m1/s1. The normalized spacial score (nSPS) is 20.3. The molecule has 1 saturated carbocycles. The lowest BCUT2D eigenvalue weighted by atomic mass is 9.93. The van der Waals surface area contributed by atoms with Gasteiger partial charge in [-0.2, -0.15) is 5.10 Å². The van der Waals surface area contributed by atoms with E-state index in [1.807, 2.05) is 34.1 Å². The van der Waals surface area contributed by atoms with E-state index in [0.29, 0.717) is 54.6 Å². The number of carbonyl (C=O) groups is 1. The van der Waals surface area contributed by atoms with Gasteiger partial charge in [-0.3, -0.25) is 4.79 Å². The highest BCUT2D eigenvalue weighted by atomic mass is 32.1. The summed E-state index contributed by atoms with van der Waals surface area (Å²) in [6.45, 7) is 3.91. The van der Waals surface area contributed by atoms with Gasteiger partial charge in [0.05, 0.1) is 17.7 Å². The van der Waals surface area contributed by atoms with Crippen LogP contribution < -0.4 is 4.90 Å². The van der Waals surface area contributed by atoms with Crippen LogP contribution in [0.1, 0.15) is 65.5 Å². The summed E-state index contributed by atoms with van der Waals surface area (Å²) in [5.74, 6) is -0.291. The number of fused-ring (bicyclic) bond motifs is 2. The van der Waals surface area contributed by atoms with E-state index in [9.17, 15) is 9.00 Å². The highest BCUT2D eigenvalue weighted by Gasteiger charge is 2.35. The van der Waals surface area contributed by atoms with Crippen LogP contribution in [0.4, 0.5) is 10.1 Å². The smallest absolute Gasteiger partial charge is 0.371 e. The second-order valence-corrected chi connectivity index (χ2v) is 11.9. The third-order valence-corrected chi connectivity index (χ3v) is 9.28. The number of rotatable bonds is 5. The monoisotopic (exact) mass is 569 g/mol. The van der Waals surface area contributed by atoms with E-state index in [2.05, 4.69) is 19.1 Å². The first kappa shape index (κ1) is 25.9. The molecule has 2 atom stereocenters. The zero-order valence-electron chi connectivity index (χ0n) is 22.7. The molecular formula is C31H30FN6O2S+. The van der Waals surface area contributed by atoms with Crippen molar-refractivity contribution in [2.24, 2.45) is 5.92 Å². The summed E-state index contributed by atoms with van der Waals surface area (Å²) in [7, 11) is 0. The molecule has 41 heavy (non-hydrogen) atoms. The zero-order valence-corrected chi connectivity index (χ0v) is 23.5. The average molecular weight is 570 g/mol. The first-order valence-corrected chi connectivity index (χ1v) is 14.9. The van der Waals surface area contributed by atoms with Crippen LogP contribution in [0, 0.1) is 17.1 Å². The maximum atomic E-state index is 15.5. The van der Waals surface area contributed by atoms with Gasteiger partial charge < -0.3 is 9.80 Å². The van der Waals surface area contributed by atoms with E-state index in [1.54, 1.807) is 16.6 Å². The fourth-order valence-corrected chi connectivity index (χ4v) is 6.62. The molecule has 2 aromatic carbocycles. The Morgan fingerprint density at radius 1 is 1.07 bits per heavy atom. The van der Waals surface area contributed by atoms with E-state index >= 15 is 4.39 Å². The molecule has 7 rings (SSSR count). The molecule has 1 N–H and O–H groups in total. The molecule has 4 aromatic rings. The van der Waals surface area contributed by atoms with Gasteiger partial charge in [0.2, 0.25) is 0 Å². The Kier molecular flexibility index (Phi) is 6.37. The van der Waals surface area contributed by atoms with Crippen molar-refractivity contribution in [2.45, 2.75) is 44.6 Å². The van der Waals surface area contributed by atoms with Crippen molar-refractivity contribution in [1.29, 1.82) is 5.41 Å². The molecule has 0 spiro atoms. The van der Waals surface area contributed by atoms with Crippen LogP contribution in [0.5, 0.6) is 0 Å². The van der Waals surface area contributed by atoms with Gasteiger partial charge in [0.1, 0.15) is 11.5 Å². The predicted molar refractivity (Wildman–Crippen MR) is 156 cm³/mol. The summed E-state index contributed by atoms with van der Waals surface area (Å²) in [5, 5.41) is 12.7. The Morgan fingerprint density at radius 2 is 1.90 bits per heavy atom. The molecule has 2 fully saturated rings. The number of anilines is 1. The van der Waals surface area contributed by atoms with E-state index < -0.39 is 5.82 Å². The lowest BCUT2D eigenvalue weighted by molar-refractivity contribution is 0.0671. The fraction of sp³-hybridized carbons (Fsp3) is 0.355. The van der Waals surface area contributed by atoms with Gasteiger partial charge in [0.15, 0.2) is 5.65 Å². The van der Waals surface area contributed by atoms with Crippen molar-refractivity contribution in [1.82, 2.24) is 19.5 Å². The Bertz CT molecular complexity index is 1720. The van der Waals surface area contributed by atoms with E-state index in [4.69, 9.17) is 15.5 Å². The molecule has 1 aliphatic carbocycles. The second kappa shape index (κ2) is 10.1. The van der Waals surface area contributed by atoms with Gasteiger partial charge in [0.25, 0.3) is 5.91 Å². The van der Waals surface area contributed by atoms with Crippen molar-refractivity contribution < 1.29 is 13.4 Å². The molecule has 0 unspecified atom stereocenters. The van der Waals surface area contributed by atoms with Crippen molar-refractivity contribution >= 4 is 34.0 Å². The Labute approximate surface area is 241 Å². The molecule has 10 heteroatoms. The molecule has 3 aliphatic rings. The predicted octanol–water partition coefficient (Wildman–Crippen LogP) is 5.40. The van der Waals surface area contributed by atoms with Crippen LogP contribution in [-0.2, 0) is 22.3 Å². The molecule has 0 bridgehead atoms. The number of amides is 1.